The fourth-order valence-corrected chi connectivity index (χ4v) is 2.53. The van der Waals surface area contributed by atoms with Crippen molar-refractivity contribution in [3.8, 4) is 0 Å². The van der Waals surface area contributed by atoms with Crippen molar-refractivity contribution in [2.45, 2.75) is 51.1 Å². The minimum atomic E-state index is -1.19. The van der Waals surface area contributed by atoms with Gasteiger partial charge in [-0.05, 0) is 12.8 Å². The molecule has 0 radical (unpaired) electrons. The Balaban J connectivity index is 1.90. The highest BCUT2D eigenvalue weighted by Crippen LogP contribution is 2.17. The zero-order valence-electron chi connectivity index (χ0n) is 11.3. The fraction of sp³-hybridized carbons (Fsp3) is 0.615. The summed E-state index contributed by atoms with van der Waals surface area (Å²) >= 11 is 0. The number of rotatable bonds is 4. The highest BCUT2D eigenvalue weighted by Gasteiger charge is 2.17. The van der Waals surface area contributed by atoms with Crippen molar-refractivity contribution in [1.29, 1.82) is 0 Å². The number of amides is 1. The van der Waals surface area contributed by atoms with Crippen molar-refractivity contribution in [3.05, 3.63) is 11.9 Å². The van der Waals surface area contributed by atoms with Gasteiger partial charge in [-0.1, -0.05) is 25.7 Å². The van der Waals surface area contributed by atoms with Crippen LogP contribution in [0.4, 0.5) is 5.69 Å². The Labute approximate surface area is 117 Å². The van der Waals surface area contributed by atoms with Gasteiger partial charge in [-0.15, -0.1) is 0 Å². The average molecular weight is 280 g/mol. The lowest BCUT2D eigenvalue weighted by Gasteiger charge is -2.16. The lowest BCUT2D eigenvalue weighted by molar-refractivity contribution is -0.122. The van der Waals surface area contributed by atoms with E-state index in [0.717, 1.165) is 25.7 Å². The molecule has 0 atom stereocenters. The van der Waals surface area contributed by atoms with E-state index in [2.05, 4.69) is 10.4 Å². The Morgan fingerprint density at radius 3 is 2.55 bits per heavy atom. The van der Waals surface area contributed by atoms with E-state index in [-0.39, 0.29) is 29.9 Å². The van der Waals surface area contributed by atoms with E-state index in [0.29, 0.717) is 0 Å². The summed E-state index contributed by atoms with van der Waals surface area (Å²) in [5.74, 6) is -1.35. The Bertz CT molecular complexity index is 490. The smallest absolute Gasteiger partial charge is 0.358 e. The molecule has 0 spiro atoms. The van der Waals surface area contributed by atoms with Crippen LogP contribution in [0.2, 0.25) is 0 Å². The van der Waals surface area contributed by atoms with Crippen LogP contribution in [0.5, 0.6) is 0 Å². The Kier molecular flexibility index (Phi) is 4.60. The Morgan fingerprint density at radius 2 is 2.00 bits per heavy atom. The number of carboxylic acid groups (broad SMARTS) is 1. The molecular weight excluding hydrogens is 260 g/mol. The molecule has 1 saturated carbocycles. The molecule has 1 heterocycles. The van der Waals surface area contributed by atoms with Gasteiger partial charge in [0.15, 0.2) is 5.69 Å². The van der Waals surface area contributed by atoms with Gasteiger partial charge in [0.05, 0.1) is 5.69 Å². The van der Waals surface area contributed by atoms with Crippen molar-refractivity contribution in [1.82, 2.24) is 15.1 Å². The summed E-state index contributed by atoms with van der Waals surface area (Å²) in [5.41, 5.74) is 5.38. The van der Waals surface area contributed by atoms with Gasteiger partial charge < -0.3 is 16.2 Å². The van der Waals surface area contributed by atoms with Crippen LogP contribution in [0.3, 0.4) is 0 Å². The molecule has 0 aliphatic heterocycles. The topological polar surface area (TPSA) is 110 Å². The summed E-state index contributed by atoms with van der Waals surface area (Å²) in [4.78, 5) is 22.7. The minimum Gasteiger partial charge on any atom is -0.476 e. The number of nitrogens with one attached hydrogen (secondary N) is 1. The maximum Gasteiger partial charge on any atom is 0.358 e. The van der Waals surface area contributed by atoms with Crippen molar-refractivity contribution in [3.63, 3.8) is 0 Å². The van der Waals surface area contributed by atoms with E-state index in [9.17, 15) is 9.59 Å². The fourth-order valence-electron chi connectivity index (χ4n) is 2.53. The van der Waals surface area contributed by atoms with Crippen LogP contribution in [0.25, 0.3) is 0 Å². The first-order valence-corrected chi connectivity index (χ1v) is 6.92. The normalized spacial score (nSPS) is 16.6. The number of nitrogens with zero attached hydrogens (tertiary/aromatic N) is 2. The molecule has 7 nitrogen and oxygen atoms in total. The minimum absolute atomic E-state index is 0.00597. The average Bonchev–Trinajstić information content (AvgIpc) is 2.59. The molecule has 0 unspecified atom stereocenters. The number of aromatic nitrogens is 2. The second kappa shape index (κ2) is 6.40. The van der Waals surface area contributed by atoms with Crippen LogP contribution in [0.15, 0.2) is 6.20 Å². The summed E-state index contributed by atoms with van der Waals surface area (Å²) in [5, 5.41) is 15.6. The van der Waals surface area contributed by atoms with Crippen molar-refractivity contribution in [2.24, 2.45) is 0 Å². The van der Waals surface area contributed by atoms with Crippen LogP contribution in [0, 0.1) is 0 Å². The SMILES string of the molecule is Nc1cn(CC(=O)NC2CCCCCC2)nc1C(=O)O. The molecule has 2 rings (SSSR count). The van der Waals surface area contributed by atoms with Crippen molar-refractivity contribution < 1.29 is 14.7 Å². The lowest BCUT2D eigenvalue weighted by atomic mass is 10.1. The predicted molar refractivity (Wildman–Crippen MR) is 73.2 cm³/mol. The van der Waals surface area contributed by atoms with E-state index in [1.54, 1.807) is 0 Å². The zero-order valence-corrected chi connectivity index (χ0v) is 11.3. The molecule has 1 aliphatic rings. The number of carbonyl (C=O) groups is 2. The summed E-state index contributed by atoms with van der Waals surface area (Å²) < 4.78 is 1.27. The molecule has 1 aliphatic carbocycles. The van der Waals surface area contributed by atoms with Crippen LogP contribution in [-0.2, 0) is 11.3 Å². The highest BCUT2D eigenvalue weighted by atomic mass is 16.4. The maximum atomic E-state index is 11.9. The van der Waals surface area contributed by atoms with Gasteiger partial charge >= 0.3 is 5.97 Å². The van der Waals surface area contributed by atoms with Crippen LogP contribution in [-0.4, -0.2) is 32.8 Å². The number of nitrogens with two attached hydrogens (primary N) is 1. The van der Waals surface area contributed by atoms with Crippen molar-refractivity contribution >= 4 is 17.6 Å². The summed E-state index contributed by atoms with van der Waals surface area (Å²) in [7, 11) is 0. The molecule has 1 amide bonds. The van der Waals surface area contributed by atoms with Gasteiger partial charge in [0, 0.05) is 12.2 Å². The first-order chi connectivity index (χ1) is 9.56. The lowest BCUT2D eigenvalue weighted by Crippen LogP contribution is -2.36. The summed E-state index contributed by atoms with van der Waals surface area (Å²) in [6.07, 6.45) is 8.12. The number of carbonyl (C=O) groups excluding carboxylic acids is 1. The summed E-state index contributed by atoms with van der Waals surface area (Å²) in [6, 6.07) is 0.219. The molecule has 1 aromatic heterocycles. The van der Waals surface area contributed by atoms with Gasteiger partial charge in [-0.2, -0.15) is 5.10 Å². The van der Waals surface area contributed by atoms with E-state index in [1.165, 1.54) is 23.7 Å². The Morgan fingerprint density at radius 1 is 1.35 bits per heavy atom. The number of carboxylic acids is 1. The van der Waals surface area contributed by atoms with Crippen molar-refractivity contribution in [2.75, 3.05) is 5.73 Å². The molecule has 0 aromatic carbocycles. The first-order valence-electron chi connectivity index (χ1n) is 6.92. The third-order valence-electron chi connectivity index (χ3n) is 3.52. The number of hydrogen-bond donors (Lipinski definition) is 3. The molecule has 1 fully saturated rings. The Hall–Kier alpha value is -2.05. The first kappa shape index (κ1) is 14.4. The van der Waals surface area contributed by atoms with E-state index < -0.39 is 5.97 Å². The molecule has 1 aromatic rings. The molecule has 110 valence electrons. The third kappa shape index (κ3) is 3.72. The predicted octanol–water partition coefficient (Wildman–Crippen LogP) is 1.00. The number of nitrogen functional groups attached to an aromatic ring is 1. The van der Waals surface area contributed by atoms with E-state index in [4.69, 9.17) is 10.8 Å². The summed E-state index contributed by atoms with van der Waals surface area (Å²) in [6.45, 7) is -0.00597. The number of aromatic carboxylic acids is 1. The second-order valence-electron chi connectivity index (χ2n) is 5.19. The molecular formula is C13H20N4O3. The van der Waals surface area contributed by atoms with Gasteiger partial charge in [-0.25, -0.2) is 4.79 Å². The van der Waals surface area contributed by atoms with Gasteiger partial charge in [0.25, 0.3) is 0 Å². The van der Waals surface area contributed by atoms with E-state index >= 15 is 0 Å². The van der Waals surface area contributed by atoms with Gasteiger partial charge in [0.2, 0.25) is 5.91 Å². The van der Waals surface area contributed by atoms with Crippen LogP contribution in [0.1, 0.15) is 49.0 Å². The zero-order chi connectivity index (χ0) is 14.5. The van der Waals surface area contributed by atoms with Crippen LogP contribution >= 0.6 is 0 Å². The standard InChI is InChI=1S/C13H20N4O3/c14-10-7-17(16-12(10)13(19)20)8-11(18)15-9-5-3-1-2-4-6-9/h7,9H,1-6,8,14H2,(H,15,18)(H,19,20). The second-order valence-corrected chi connectivity index (χ2v) is 5.19. The maximum absolute atomic E-state index is 11.9. The molecule has 0 bridgehead atoms. The number of anilines is 1. The third-order valence-corrected chi connectivity index (χ3v) is 3.52. The van der Waals surface area contributed by atoms with E-state index in [1.807, 2.05) is 0 Å². The van der Waals surface area contributed by atoms with Crippen LogP contribution < -0.4 is 11.1 Å². The molecule has 20 heavy (non-hydrogen) atoms. The highest BCUT2D eigenvalue weighted by molar-refractivity contribution is 5.91. The quantitative estimate of drug-likeness (QED) is 0.713. The molecule has 4 N–H and O–H groups in total. The number of hydrogen-bond acceptors (Lipinski definition) is 4. The van der Waals surface area contributed by atoms with Gasteiger partial charge in [0.1, 0.15) is 6.54 Å². The largest absolute Gasteiger partial charge is 0.476 e. The van der Waals surface area contributed by atoms with Gasteiger partial charge in [-0.3, -0.25) is 9.48 Å². The molecule has 7 heteroatoms. The molecule has 0 saturated heterocycles. The monoisotopic (exact) mass is 280 g/mol.